The molecule has 0 N–H and O–H groups in total. The minimum absolute atomic E-state index is 0.238. The summed E-state index contributed by atoms with van der Waals surface area (Å²) in [6, 6.07) is 17.0. The highest BCUT2D eigenvalue weighted by atomic mass is 127. The Kier molecular flexibility index (Phi) is 15.2. The Morgan fingerprint density at radius 3 is 1.70 bits per heavy atom. The molecule has 0 bridgehead atoms. The molecule has 2 rings (SSSR count). The summed E-state index contributed by atoms with van der Waals surface area (Å²) in [5.41, 5.74) is 1.68. The summed E-state index contributed by atoms with van der Waals surface area (Å²) in [6.45, 7) is 9.22. The molecule has 0 aliphatic heterocycles. The van der Waals surface area contributed by atoms with Crippen LogP contribution >= 0.6 is 22.6 Å². The molecule has 186 valence electrons. The largest absolute Gasteiger partial charge is 0.296 e. The van der Waals surface area contributed by atoms with Crippen molar-refractivity contribution in [2.75, 3.05) is 6.61 Å². The lowest BCUT2D eigenvalue weighted by Crippen LogP contribution is -2.10. The molecule has 0 atom stereocenters. The van der Waals surface area contributed by atoms with Crippen LogP contribution in [0.25, 0.3) is 0 Å². The van der Waals surface area contributed by atoms with Gasteiger partial charge in [0.2, 0.25) is 0 Å². The van der Waals surface area contributed by atoms with Crippen LogP contribution in [0.15, 0.2) is 59.5 Å². The quantitative estimate of drug-likeness (QED) is 0.134. The van der Waals surface area contributed by atoms with E-state index in [0.29, 0.717) is 0 Å². The molecule has 5 heteroatoms. The third-order valence-corrected chi connectivity index (χ3v) is 7.52. The van der Waals surface area contributed by atoms with Gasteiger partial charge in [0.1, 0.15) is 0 Å². The zero-order valence-corrected chi connectivity index (χ0v) is 24.0. The SMILES string of the molecule is CC(C)(C)c1ccc(I)cc1.CCCCCCCCCCCCOS(=O)(=O)c1ccccc1. The lowest BCUT2D eigenvalue weighted by atomic mass is 9.87. The monoisotopic (exact) mass is 586 g/mol. The van der Waals surface area contributed by atoms with Crippen LogP contribution in [0.1, 0.15) is 97.5 Å². The van der Waals surface area contributed by atoms with Gasteiger partial charge in [-0.25, -0.2) is 0 Å². The molecule has 0 unspecified atom stereocenters. The number of hydrogen-bond donors (Lipinski definition) is 0. The highest BCUT2D eigenvalue weighted by Crippen LogP contribution is 2.22. The average molecular weight is 587 g/mol. The van der Waals surface area contributed by atoms with E-state index in [2.05, 4.69) is 74.6 Å². The Morgan fingerprint density at radius 2 is 1.21 bits per heavy atom. The predicted molar refractivity (Wildman–Crippen MR) is 149 cm³/mol. The maximum atomic E-state index is 11.9. The lowest BCUT2D eigenvalue weighted by molar-refractivity contribution is 0.306. The zero-order chi connectivity index (χ0) is 24.6. The first-order chi connectivity index (χ1) is 15.7. The van der Waals surface area contributed by atoms with Crippen LogP contribution in [0.3, 0.4) is 0 Å². The third kappa shape index (κ3) is 14.2. The molecule has 0 spiro atoms. The zero-order valence-electron chi connectivity index (χ0n) is 21.0. The molecule has 0 amide bonds. The van der Waals surface area contributed by atoms with E-state index in [1.165, 1.54) is 60.5 Å². The fourth-order valence-corrected chi connectivity index (χ4v) is 4.69. The van der Waals surface area contributed by atoms with Crippen LogP contribution in [0.2, 0.25) is 0 Å². The number of rotatable bonds is 13. The van der Waals surface area contributed by atoms with E-state index in [9.17, 15) is 8.42 Å². The summed E-state index contributed by atoms with van der Waals surface area (Å²) in [5.74, 6) is 0. The molecule has 0 aliphatic rings. The summed E-state index contributed by atoms with van der Waals surface area (Å²) in [7, 11) is -3.57. The Bertz CT molecular complexity index is 841. The van der Waals surface area contributed by atoms with Crippen molar-refractivity contribution in [1.29, 1.82) is 0 Å². The molecule has 0 radical (unpaired) electrons. The molecule has 0 aromatic heterocycles. The maximum absolute atomic E-state index is 11.9. The van der Waals surface area contributed by atoms with Gasteiger partial charge in [-0.3, -0.25) is 4.18 Å². The molecule has 33 heavy (non-hydrogen) atoms. The molecule has 0 saturated heterocycles. The van der Waals surface area contributed by atoms with E-state index >= 15 is 0 Å². The van der Waals surface area contributed by atoms with Crippen molar-refractivity contribution in [1.82, 2.24) is 0 Å². The summed E-state index contributed by atoms with van der Waals surface area (Å²) in [4.78, 5) is 0.238. The molecule has 2 aromatic carbocycles. The van der Waals surface area contributed by atoms with Crippen LogP contribution in [0.4, 0.5) is 0 Å². The Labute approximate surface area is 217 Å². The van der Waals surface area contributed by atoms with Crippen molar-refractivity contribution in [2.24, 2.45) is 0 Å². The first kappa shape index (κ1) is 30.1. The first-order valence-corrected chi connectivity index (χ1v) is 14.9. The van der Waals surface area contributed by atoms with E-state index in [4.69, 9.17) is 4.18 Å². The number of unbranched alkanes of at least 4 members (excludes halogenated alkanes) is 9. The topological polar surface area (TPSA) is 43.4 Å². The molecular formula is C28H43IO3S. The summed E-state index contributed by atoms with van der Waals surface area (Å²) in [6.07, 6.45) is 12.3. The Morgan fingerprint density at radius 1 is 0.727 bits per heavy atom. The molecule has 0 saturated carbocycles. The van der Waals surface area contributed by atoms with E-state index < -0.39 is 10.1 Å². The van der Waals surface area contributed by atoms with Crippen LogP contribution < -0.4 is 0 Å². The van der Waals surface area contributed by atoms with Gasteiger partial charge >= 0.3 is 0 Å². The van der Waals surface area contributed by atoms with Crippen LogP contribution in [-0.2, 0) is 19.7 Å². The van der Waals surface area contributed by atoms with Gasteiger partial charge in [-0.15, -0.1) is 0 Å². The van der Waals surface area contributed by atoms with Gasteiger partial charge in [-0.2, -0.15) is 8.42 Å². The minimum Gasteiger partial charge on any atom is -0.266 e. The Hall–Kier alpha value is -0.920. The van der Waals surface area contributed by atoms with E-state index in [1.807, 2.05) is 0 Å². The van der Waals surface area contributed by atoms with Crippen molar-refractivity contribution >= 4 is 32.7 Å². The molecule has 0 aliphatic carbocycles. The first-order valence-electron chi connectivity index (χ1n) is 12.4. The number of halogens is 1. The molecular weight excluding hydrogens is 543 g/mol. The molecule has 3 nitrogen and oxygen atoms in total. The lowest BCUT2D eigenvalue weighted by Gasteiger charge is -2.18. The summed E-state index contributed by atoms with van der Waals surface area (Å²) >= 11 is 2.32. The predicted octanol–water partition coefficient (Wildman–Crippen LogP) is 8.90. The van der Waals surface area contributed by atoms with Gasteiger partial charge < -0.3 is 0 Å². The fourth-order valence-electron chi connectivity index (χ4n) is 3.36. The maximum Gasteiger partial charge on any atom is 0.296 e. The van der Waals surface area contributed by atoms with E-state index in [0.717, 1.165) is 12.8 Å². The highest BCUT2D eigenvalue weighted by molar-refractivity contribution is 14.1. The van der Waals surface area contributed by atoms with Crippen LogP contribution in [0, 0.1) is 3.57 Å². The fraction of sp³-hybridized carbons (Fsp3) is 0.571. The molecule has 0 heterocycles. The third-order valence-electron chi connectivity index (χ3n) is 5.48. The van der Waals surface area contributed by atoms with Gasteiger partial charge in [0.15, 0.2) is 0 Å². The second-order valence-corrected chi connectivity index (χ2v) is 12.4. The van der Waals surface area contributed by atoms with E-state index in [1.54, 1.807) is 30.3 Å². The van der Waals surface area contributed by atoms with Crippen molar-refractivity contribution < 1.29 is 12.6 Å². The van der Waals surface area contributed by atoms with Gasteiger partial charge in [0, 0.05) is 3.57 Å². The van der Waals surface area contributed by atoms with Gasteiger partial charge in [-0.05, 0) is 64.3 Å². The van der Waals surface area contributed by atoms with E-state index in [-0.39, 0.29) is 16.9 Å². The Balaban J connectivity index is 0.000000412. The number of hydrogen-bond acceptors (Lipinski definition) is 3. The minimum atomic E-state index is -3.57. The smallest absolute Gasteiger partial charge is 0.266 e. The van der Waals surface area contributed by atoms with Crippen LogP contribution in [0.5, 0.6) is 0 Å². The average Bonchev–Trinajstić information content (AvgIpc) is 2.78. The number of benzene rings is 2. The second-order valence-electron chi connectivity index (χ2n) is 9.53. The van der Waals surface area contributed by atoms with Crippen molar-refractivity contribution in [2.45, 2.75) is 102 Å². The normalized spacial score (nSPS) is 11.7. The summed E-state index contributed by atoms with van der Waals surface area (Å²) < 4.78 is 30.1. The second kappa shape index (κ2) is 16.7. The standard InChI is InChI=1S/C18H30O3S.C10H13I/c1-2-3-4-5-6-7-8-9-10-14-17-21-22(19,20)18-15-12-11-13-16-18;1-10(2,3)8-4-6-9(11)7-5-8/h11-13,15-16H,2-10,14,17H2,1H3;4-7H,1-3H3. The molecule has 2 aromatic rings. The van der Waals surface area contributed by atoms with Crippen LogP contribution in [-0.4, -0.2) is 15.0 Å². The van der Waals surface area contributed by atoms with Gasteiger partial charge in [-0.1, -0.05) is 116 Å². The molecule has 0 fully saturated rings. The van der Waals surface area contributed by atoms with Crippen molar-refractivity contribution in [3.05, 3.63) is 63.7 Å². The highest BCUT2D eigenvalue weighted by Gasteiger charge is 2.13. The summed E-state index contributed by atoms with van der Waals surface area (Å²) in [5, 5.41) is 0. The van der Waals surface area contributed by atoms with Gasteiger partial charge in [0.25, 0.3) is 10.1 Å². The van der Waals surface area contributed by atoms with Crippen molar-refractivity contribution in [3.8, 4) is 0 Å². The van der Waals surface area contributed by atoms with Crippen molar-refractivity contribution in [3.63, 3.8) is 0 Å². The van der Waals surface area contributed by atoms with Gasteiger partial charge in [0.05, 0.1) is 11.5 Å².